The first-order valence-electron chi connectivity index (χ1n) is 9.86. The van der Waals surface area contributed by atoms with Gasteiger partial charge >= 0.3 is 0 Å². The van der Waals surface area contributed by atoms with Crippen LogP contribution in [0.15, 0.2) is 48.7 Å². The Hall–Kier alpha value is -3.06. The fraction of sp³-hybridized carbons (Fsp3) is 0.304. The van der Waals surface area contributed by atoms with Crippen molar-refractivity contribution in [2.24, 2.45) is 0 Å². The van der Waals surface area contributed by atoms with Crippen LogP contribution in [0.1, 0.15) is 32.0 Å². The number of ether oxygens (including phenoxy) is 1. The normalized spacial score (nSPS) is 12.3. The molecule has 0 unspecified atom stereocenters. The van der Waals surface area contributed by atoms with Crippen LogP contribution < -0.4 is 9.16 Å². The van der Waals surface area contributed by atoms with Crippen molar-refractivity contribution in [3.8, 4) is 23.2 Å². The van der Waals surface area contributed by atoms with E-state index in [1.54, 1.807) is 25.4 Å². The first-order chi connectivity index (χ1) is 14.1. The Morgan fingerprint density at radius 2 is 1.80 bits per heavy atom. The van der Waals surface area contributed by atoms with Gasteiger partial charge in [-0.3, -0.25) is 0 Å². The fourth-order valence-electron chi connectivity index (χ4n) is 2.60. The Morgan fingerprint density at radius 1 is 1.03 bits per heavy atom. The van der Waals surface area contributed by atoms with Gasteiger partial charge in [-0.15, -0.1) is 0 Å². The van der Waals surface area contributed by atoms with Crippen molar-refractivity contribution in [2.75, 3.05) is 7.11 Å². The zero-order chi connectivity index (χ0) is 21.9. The predicted octanol–water partition coefficient (Wildman–Crippen LogP) is 5.54. The number of pyridine rings is 1. The second kappa shape index (κ2) is 8.35. The lowest BCUT2D eigenvalue weighted by Gasteiger charge is -2.36. The number of aromatic nitrogens is 3. The SMILES string of the molecule is COc1cc(C=Cc2cc(O)n(-c3ccccn3)n2)ccc1O[Si](C)(C)C(C)(C)C. The van der Waals surface area contributed by atoms with E-state index in [9.17, 15) is 5.11 Å². The average molecular weight is 424 g/mol. The largest absolute Gasteiger partial charge is 0.541 e. The highest BCUT2D eigenvalue weighted by molar-refractivity contribution is 6.74. The predicted molar refractivity (Wildman–Crippen MR) is 123 cm³/mol. The maximum atomic E-state index is 10.2. The van der Waals surface area contributed by atoms with Crippen LogP contribution in [-0.2, 0) is 0 Å². The van der Waals surface area contributed by atoms with Crippen molar-refractivity contribution >= 4 is 20.5 Å². The van der Waals surface area contributed by atoms with E-state index in [1.165, 1.54) is 4.68 Å². The summed E-state index contributed by atoms with van der Waals surface area (Å²) in [6.07, 6.45) is 5.41. The summed E-state index contributed by atoms with van der Waals surface area (Å²) in [4.78, 5) is 4.21. The average Bonchev–Trinajstić information content (AvgIpc) is 3.07. The van der Waals surface area contributed by atoms with Gasteiger partial charge in [-0.1, -0.05) is 39.0 Å². The Bertz CT molecular complexity index is 1040. The number of hydrogen-bond donors (Lipinski definition) is 1. The molecule has 0 aliphatic carbocycles. The van der Waals surface area contributed by atoms with E-state index in [0.29, 0.717) is 17.3 Å². The van der Waals surface area contributed by atoms with Crippen LogP contribution in [0.5, 0.6) is 17.4 Å². The van der Waals surface area contributed by atoms with Gasteiger partial charge in [0.2, 0.25) is 5.88 Å². The van der Waals surface area contributed by atoms with Gasteiger partial charge in [0.05, 0.1) is 12.8 Å². The molecule has 0 saturated heterocycles. The first kappa shape index (κ1) is 21.6. The Morgan fingerprint density at radius 3 is 2.43 bits per heavy atom. The van der Waals surface area contributed by atoms with Gasteiger partial charge < -0.3 is 14.3 Å². The van der Waals surface area contributed by atoms with E-state index >= 15 is 0 Å². The first-order valence-corrected chi connectivity index (χ1v) is 12.8. The molecule has 158 valence electrons. The van der Waals surface area contributed by atoms with Crippen molar-refractivity contribution in [1.82, 2.24) is 14.8 Å². The third-order valence-corrected chi connectivity index (χ3v) is 9.72. The number of methoxy groups -OCH3 is 1. The Balaban J connectivity index is 1.82. The third-order valence-electron chi connectivity index (χ3n) is 5.38. The van der Waals surface area contributed by atoms with E-state index in [-0.39, 0.29) is 10.9 Å². The van der Waals surface area contributed by atoms with Crippen LogP contribution in [0.3, 0.4) is 0 Å². The van der Waals surface area contributed by atoms with Gasteiger partial charge in [0, 0.05) is 12.3 Å². The highest BCUT2D eigenvalue weighted by atomic mass is 28.4. The van der Waals surface area contributed by atoms with Gasteiger partial charge in [0.25, 0.3) is 8.32 Å². The molecular formula is C23H29N3O3Si. The van der Waals surface area contributed by atoms with Crippen molar-refractivity contribution in [3.63, 3.8) is 0 Å². The lowest BCUT2D eigenvalue weighted by Crippen LogP contribution is -2.43. The molecule has 0 atom stereocenters. The van der Waals surface area contributed by atoms with E-state index in [2.05, 4.69) is 43.9 Å². The molecule has 0 aliphatic heterocycles. The monoisotopic (exact) mass is 423 g/mol. The molecular weight excluding hydrogens is 394 g/mol. The molecule has 0 fully saturated rings. The molecule has 2 aromatic heterocycles. The van der Waals surface area contributed by atoms with Crippen molar-refractivity contribution in [1.29, 1.82) is 0 Å². The van der Waals surface area contributed by atoms with E-state index in [0.717, 1.165) is 11.3 Å². The fourth-order valence-corrected chi connectivity index (χ4v) is 3.62. The van der Waals surface area contributed by atoms with E-state index in [4.69, 9.17) is 9.16 Å². The summed E-state index contributed by atoms with van der Waals surface area (Å²) in [5.74, 6) is 2.05. The summed E-state index contributed by atoms with van der Waals surface area (Å²) < 4.78 is 13.4. The highest BCUT2D eigenvalue weighted by Gasteiger charge is 2.39. The molecule has 30 heavy (non-hydrogen) atoms. The standard InChI is InChI=1S/C23H29N3O3Si/c1-23(2,3)30(5,6)29-19-13-11-17(15-20(19)28-4)10-12-18-16-22(27)26(25-18)21-9-7-8-14-24-21/h7-16,27H,1-6H3. The molecule has 7 heteroatoms. The summed E-state index contributed by atoms with van der Waals surface area (Å²) in [6.45, 7) is 11.1. The van der Waals surface area contributed by atoms with Crippen molar-refractivity contribution in [3.05, 3.63) is 59.9 Å². The van der Waals surface area contributed by atoms with Gasteiger partial charge in [-0.25, -0.2) is 4.98 Å². The summed E-state index contributed by atoms with van der Waals surface area (Å²) in [6, 6.07) is 12.9. The molecule has 3 aromatic rings. The maximum Gasteiger partial charge on any atom is 0.250 e. The van der Waals surface area contributed by atoms with Crippen LogP contribution in [0.4, 0.5) is 0 Å². The minimum atomic E-state index is -1.96. The number of rotatable bonds is 6. The number of aromatic hydroxyl groups is 1. The molecule has 2 heterocycles. The van der Waals surface area contributed by atoms with Gasteiger partial charge in [-0.2, -0.15) is 9.78 Å². The van der Waals surface area contributed by atoms with Gasteiger partial charge in [0.1, 0.15) is 5.75 Å². The van der Waals surface area contributed by atoms with Crippen LogP contribution in [0.25, 0.3) is 18.0 Å². The van der Waals surface area contributed by atoms with Crippen LogP contribution in [-0.4, -0.2) is 35.3 Å². The van der Waals surface area contributed by atoms with Crippen LogP contribution >= 0.6 is 0 Å². The maximum absolute atomic E-state index is 10.2. The van der Waals surface area contributed by atoms with Crippen molar-refractivity contribution in [2.45, 2.75) is 38.9 Å². The minimum Gasteiger partial charge on any atom is -0.541 e. The van der Waals surface area contributed by atoms with Crippen LogP contribution in [0, 0.1) is 0 Å². The van der Waals surface area contributed by atoms with Gasteiger partial charge in [0.15, 0.2) is 11.6 Å². The van der Waals surface area contributed by atoms with E-state index < -0.39 is 8.32 Å². The molecule has 3 rings (SSSR count). The zero-order valence-corrected chi connectivity index (χ0v) is 19.4. The highest BCUT2D eigenvalue weighted by Crippen LogP contribution is 2.40. The molecule has 0 radical (unpaired) electrons. The molecule has 1 N–H and O–H groups in total. The minimum absolute atomic E-state index is 0.0315. The molecule has 0 spiro atoms. The molecule has 0 saturated carbocycles. The Kier molecular flexibility index (Phi) is 6.03. The molecule has 0 amide bonds. The number of hydrogen-bond acceptors (Lipinski definition) is 5. The molecule has 1 aromatic carbocycles. The molecule has 6 nitrogen and oxygen atoms in total. The number of nitrogens with zero attached hydrogens (tertiary/aromatic N) is 3. The summed E-state index contributed by atoms with van der Waals surface area (Å²) in [5.41, 5.74) is 1.57. The summed E-state index contributed by atoms with van der Waals surface area (Å²) in [7, 11) is -0.315. The van der Waals surface area contributed by atoms with Crippen molar-refractivity contribution < 1.29 is 14.3 Å². The second-order valence-electron chi connectivity index (χ2n) is 8.63. The Labute approximate surface area is 178 Å². The third kappa shape index (κ3) is 4.73. The quantitative estimate of drug-likeness (QED) is 0.528. The summed E-state index contributed by atoms with van der Waals surface area (Å²) >= 11 is 0. The lowest BCUT2D eigenvalue weighted by atomic mass is 10.2. The second-order valence-corrected chi connectivity index (χ2v) is 13.4. The molecule has 0 aliphatic rings. The molecule has 0 bridgehead atoms. The van der Waals surface area contributed by atoms with Crippen LogP contribution in [0.2, 0.25) is 18.1 Å². The zero-order valence-electron chi connectivity index (χ0n) is 18.4. The van der Waals surface area contributed by atoms with E-state index in [1.807, 2.05) is 42.5 Å². The lowest BCUT2D eigenvalue weighted by molar-refractivity contribution is 0.386. The smallest absolute Gasteiger partial charge is 0.250 e. The topological polar surface area (TPSA) is 69.4 Å². The van der Waals surface area contributed by atoms with Gasteiger partial charge in [-0.05, 0) is 54.0 Å². The number of benzene rings is 1. The summed E-state index contributed by atoms with van der Waals surface area (Å²) in [5, 5.41) is 14.7.